The molecule has 0 spiro atoms. The van der Waals surface area contributed by atoms with Crippen molar-refractivity contribution >= 4 is 45.1 Å². The summed E-state index contributed by atoms with van der Waals surface area (Å²) in [4.78, 5) is 36.2. The Morgan fingerprint density at radius 2 is 1.82 bits per heavy atom. The van der Waals surface area contributed by atoms with Crippen LogP contribution in [0.4, 0.5) is 0 Å². The molecule has 0 atom stereocenters. The molecule has 28 heavy (non-hydrogen) atoms. The molecule has 2 heterocycles. The molecule has 0 bridgehead atoms. The smallest absolute Gasteiger partial charge is 0.248 e. The second-order valence-electron chi connectivity index (χ2n) is 7.79. The third-order valence-electron chi connectivity index (χ3n) is 5.60. The van der Waals surface area contributed by atoms with Gasteiger partial charge in [0, 0.05) is 22.1 Å². The molecular weight excluding hydrogens is 392 g/mol. The van der Waals surface area contributed by atoms with Crippen molar-refractivity contribution in [1.29, 1.82) is 0 Å². The Bertz CT molecular complexity index is 901. The van der Waals surface area contributed by atoms with Gasteiger partial charge in [-0.3, -0.25) is 20.4 Å². The molecule has 2 saturated carbocycles. The number of nitrogens with zero attached hydrogens (tertiary/aromatic N) is 2. The van der Waals surface area contributed by atoms with Crippen LogP contribution in [0, 0.1) is 19.8 Å². The third kappa shape index (κ3) is 4.33. The second-order valence-corrected chi connectivity index (χ2v) is 9.95. The summed E-state index contributed by atoms with van der Waals surface area (Å²) in [5.41, 5.74) is 6.36. The van der Waals surface area contributed by atoms with Crippen molar-refractivity contribution in [3.05, 3.63) is 16.3 Å². The van der Waals surface area contributed by atoms with Crippen LogP contribution in [-0.2, 0) is 9.59 Å². The third-order valence-corrected chi connectivity index (χ3v) is 7.67. The van der Waals surface area contributed by atoms with E-state index >= 15 is 0 Å². The summed E-state index contributed by atoms with van der Waals surface area (Å²) in [7, 11) is 0. The van der Waals surface area contributed by atoms with Gasteiger partial charge in [-0.15, -0.1) is 11.3 Å². The van der Waals surface area contributed by atoms with Gasteiger partial charge < -0.3 is 0 Å². The minimum Gasteiger partial charge on any atom is -0.273 e. The van der Waals surface area contributed by atoms with Crippen molar-refractivity contribution in [3.8, 4) is 0 Å². The summed E-state index contributed by atoms with van der Waals surface area (Å²) in [6, 6.07) is 0. The van der Waals surface area contributed by atoms with Gasteiger partial charge in [0.05, 0.1) is 5.75 Å². The van der Waals surface area contributed by atoms with Gasteiger partial charge in [-0.1, -0.05) is 31.0 Å². The van der Waals surface area contributed by atoms with Crippen LogP contribution in [0.1, 0.15) is 67.1 Å². The van der Waals surface area contributed by atoms with E-state index in [1.807, 2.05) is 0 Å². The Balaban J connectivity index is 1.39. The number of carbonyl (C=O) groups is 2. The summed E-state index contributed by atoms with van der Waals surface area (Å²) >= 11 is 3.12. The largest absolute Gasteiger partial charge is 0.273 e. The predicted molar refractivity (Wildman–Crippen MR) is 112 cm³/mol. The number of rotatable bonds is 5. The van der Waals surface area contributed by atoms with Crippen molar-refractivity contribution in [2.75, 3.05) is 5.75 Å². The number of amides is 2. The van der Waals surface area contributed by atoms with E-state index in [2.05, 4.69) is 24.7 Å². The average molecular weight is 419 g/mol. The van der Waals surface area contributed by atoms with E-state index in [9.17, 15) is 9.59 Å². The maximum Gasteiger partial charge on any atom is 0.248 e. The molecule has 0 saturated heterocycles. The molecule has 6 nitrogen and oxygen atoms in total. The molecule has 2 amide bonds. The highest BCUT2D eigenvalue weighted by molar-refractivity contribution is 8.00. The highest BCUT2D eigenvalue weighted by Gasteiger charge is 2.28. The van der Waals surface area contributed by atoms with Gasteiger partial charge in [0.15, 0.2) is 0 Å². The van der Waals surface area contributed by atoms with E-state index in [-0.39, 0.29) is 23.5 Å². The first-order chi connectivity index (χ1) is 13.5. The number of fused-ring (bicyclic) bond motifs is 1. The fourth-order valence-corrected chi connectivity index (χ4v) is 5.62. The van der Waals surface area contributed by atoms with E-state index in [1.54, 1.807) is 11.3 Å². The Labute approximate surface area is 173 Å². The molecule has 2 aromatic heterocycles. The molecule has 0 unspecified atom stereocenters. The molecule has 2 aliphatic carbocycles. The van der Waals surface area contributed by atoms with Crippen LogP contribution in [-0.4, -0.2) is 27.5 Å². The number of aryl methyl sites for hydroxylation is 2. The molecule has 4 rings (SSSR count). The molecule has 2 fully saturated rings. The summed E-state index contributed by atoms with van der Waals surface area (Å²) in [6.45, 7) is 4.18. The van der Waals surface area contributed by atoms with Crippen LogP contribution in [0.2, 0.25) is 0 Å². The molecular formula is C20H26N4O2S2. The van der Waals surface area contributed by atoms with Crippen molar-refractivity contribution in [2.24, 2.45) is 5.92 Å². The van der Waals surface area contributed by atoms with E-state index < -0.39 is 0 Å². The summed E-state index contributed by atoms with van der Waals surface area (Å²) in [5, 5.41) is 1.94. The molecule has 0 aliphatic heterocycles. The quantitative estimate of drug-likeness (QED) is 0.435. The van der Waals surface area contributed by atoms with Crippen LogP contribution in [0.5, 0.6) is 0 Å². The summed E-state index contributed by atoms with van der Waals surface area (Å²) in [6.07, 6.45) is 7.50. The average Bonchev–Trinajstić information content (AvgIpc) is 3.51. The van der Waals surface area contributed by atoms with E-state index in [4.69, 9.17) is 9.97 Å². The van der Waals surface area contributed by atoms with Crippen molar-refractivity contribution < 1.29 is 9.59 Å². The van der Waals surface area contributed by atoms with Gasteiger partial charge >= 0.3 is 0 Å². The number of hydrazine groups is 1. The topological polar surface area (TPSA) is 84.0 Å². The Kier molecular flexibility index (Phi) is 5.87. The highest BCUT2D eigenvalue weighted by atomic mass is 32.2. The molecule has 0 aromatic carbocycles. The first-order valence-electron chi connectivity index (χ1n) is 10.0. The van der Waals surface area contributed by atoms with Crippen LogP contribution in [0.25, 0.3) is 10.2 Å². The lowest BCUT2D eigenvalue weighted by Crippen LogP contribution is -2.45. The Morgan fingerprint density at radius 3 is 2.54 bits per heavy atom. The fraction of sp³-hybridized carbons (Fsp3) is 0.600. The van der Waals surface area contributed by atoms with E-state index in [1.165, 1.54) is 28.6 Å². The van der Waals surface area contributed by atoms with Crippen molar-refractivity contribution in [1.82, 2.24) is 20.8 Å². The zero-order chi connectivity index (χ0) is 19.7. The number of aromatic nitrogens is 2. The number of thiophene rings is 1. The van der Waals surface area contributed by atoms with Crippen LogP contribution in [0.3, 0.4) is 0 Å². The number of nitrogens with one attached hydrogen (secondary N) is 2. The van der Waals surface area contributed by atoms with Gasteiger partial charge in [0.25, 0.3) is 0 Å². The lowest BCUT2D eigenvalue weighted by Gasteiger charge is -2.20. The van der Waals surface area contributed by atoms with Gasteiger partial charge in [-0.2, -0.15) is 0 Å². The number of carbonyl (C=O) groups excluding carboxylic acids is 2. The zero-order valence-corrected chi connectivity index (χ0v) is 18.0. The predicted octanol–water partition coefficient (Wildman–Crippen LogP) is 4.01. The van der Waals surface area contributed by atoms with Crippen molar-refractivity contribution in [3.63, 3.8) is 0 Å². The molecule has 0 radical (unpaired) electrons. The minimum atomic E-state index is -0.210. The second kappa shape index (κ2) is 8.37. The fourth-order valence-electron chi connectivity index (χ4n) is 3.63. The normalized spacial score (nSPS) is 17.6. The van der Waals surface area contributed by atoms with E-state index in [0.717, 1.165) is 59.6 Å². The number of hydrogen-bond acceptors (Lipinski definition) is 6. The standard InChI is InChI=1S/C20H26N4O2S2/c1-11-12(2)28-20-16(11)19(21-17(22-20)13-8-9-13)27-10-15(25)23-24-18(26)14-6-4-3-5-7-14/h13-14H,3-10H2,1-2H3,(H,23,25)(H,24,26). The monoisotopic (exact) mass is 418 g/mol. The first kappa shape index (κ1) is 19.6. The van der Waals surface area contributed by atoms with Gasteiger partial charge in [-0.05, 0) is 45.1 Å². The summed E-state index contributed by atoms with van der Waals surface area (Å²) < 4.78 is 0. The van der Waals surface area contributed by atoms with Gasteiger partial charge in [-0.25, -0.2) is 9.97 Å². The maximum atomic E-state index is 12.3. The highest BCUT2D eigenvalue weighted by Crippen LogP contribution is 2.42. The van der Waals surface area contributed by atoms with Crippen LogP contribution < -0.4 is 10.9 Å². The SMILES string of the molecule is Cc1sc2nc(C3CC3)nc(SCC(=O)NNC(=O)C3CCCCC3)c2c1C. The maximum absolute atomic E-state index is 12.3. The molecule has 2 N–H and O–H groups in total. The first-order valence-corrected chi connectivity index (χ1v) is 11.8. The van der Waals surface area contributed by atoms with Crippen LogP contribution >= 0.6 is 23.1 Å². The zero-order valence-electron chi connectivity index (χ0n) is 16.3. The Hall–Kier alpha value is -1.67. The van der Waals surface area contributed by atoms with Gasteiger partial charge in [0.1, 0.15) is 15.7 Å². The summed E-state index contributed by atoms with van der Waals surface area (Å²) in [5.74, 6) is 1.34. The number of hydrogen-bond donors (Lipinski definition) is 2. The molecule has 150 valence electrons. The molecule has 2 aliphatic rings. The Morgan fingerprint density at radius 1 is 1.07 bits per heavy atom. The number of thioether (sulfide) groups is 1. The lowest BCUT2D eigenvalue weighted by molar-refractivity contribution is -0.131. The van der Waals surface area contributed by atoms with Crippen molar-refractivity contribution in [2.45, 2.75) is 69.7 Å². The minimum absolute atomic E-state index is 0.0284. The lowest BCUT2D eigenvalue weighted by atomic mass is 9.89. The molecule has 2 aromatic rings. The van der Waals surface area contributed by atoms with Crippen LogP contribution in [0.15, 0.2) is 5.03 Å². The van der Waals surface area contributed by atoms with E-state index in [0.29, 0.717) is 5.92 Å². The van der Waals surface area contributed by atoms with Gasteiger partial charge in [0.2, 0.25) is 11.8 Å². The molecule has 8 heteroatoms.